The number of hydrogen-bond donors (Lipinski definition) is 5. The van der Waals surface area contributed by atoms with E-state index in [4.69, 9.17) is 4.74 Å². The van der Waals surface area contributed by atoms with Crippen LogP contribution in [0, 0.1) is 41.4 Å². The molecule has 5 saturated carbocycles. The van der Waals surface area contributed by atoms with E-state index in [-0.39, 0.29) is 36.4 Å². The summed E-state index contributed by atoms with van der Waals surface area (Å²) in [6.45, 7) is 2.12. The lowest BCUT2D eigenvalue weighted by Gasteiger charge is -2.37. The number of carbonyl (C=O) groups excluding carboxylic acids is 4. The average Bonchev–Trinajstić information content (AvgIpc) is 3.22. The molecule has 5 N–H and O–H groups in total. The van der Waals surface area contributed by atoms with Crippen molar-refractivity contribution < 1.29 is 33.8 Å². The van der Waals surface area contributed by atoms with Crippen LogP contribution in [0.3, 0.4) is 0 Å². The summed E-state index contributed by atoms with van der Waals surface area (Å²) in [6, 6.07) is -3.65. The van der Waals surface area contributed by atoms with Gasteiger partial charge in [0.05, 0.1) is 6.10 Å². The standard InChI is InChI=1S/C46H76N4O7/c1-30-12-14-32(15-13-30)26-39-44(53)49-40(27-33-16-21-36(22-17-33)35-10-6-3-7-11-35)45(54)48-38(25-20-31-8-4-2-5-9-31)43(52)50-41(46(55)56)28-34-18-23-37(24-19-34)57-29-42(51)47-39/h30-41H,2-29H2,1H3,(H,47,51)(H,48,54)(H,49,53)(H,50,52)(H,55,56). The highest BCUT2D eigenvalue weighted by molar-refractivity contribution is 5.95. The Bertz CT molecular complexity index is 1310. The van der Waals surface area contributed by atoms with Crippen LogP contribution in [0.1, 0.15) is 180 Å². The van der Waals surface area contributed by atoms with Gasteiger partial charge < -0.3 is 31.1 Å². The number of hydrogen-bond acceptors (Lipinski definition) is 6. The molecule has 2 bridgehead atoms. The Morgan fingerprint density at radius 3 is 1.70 bits per heavy atom. The zero-order valence-electron chi connectivity index (χ0n) is 35.1. The topological polar surface area (TPSA) is 163 Å². The monoisotopic (exact) mass is 797 g/mol. The molecule has 11 heteroatoms. The normalized spacial score (nSPS) is 36.4. The third-order valence-corrected chi connectivity index (χ3v) is 15.4. The predicted molar refractivity (Wildman–Crippen MR) is 220 cm³/mol. The predicted octanol–water partition coefficient (Wildman–Crippen LogP) is 7.34. The fourth-order valence-electron chi connectivity index (χ4n) is 11.7. The van der Waals surface area contributed by atoms with Gasteiger partial charge in [0.15, 0.2) is 0 Å². The minimum atomic E-state index is -1.07. The Balaban J connectivity index is 1.23. The van der Waals surface area contributed by atoms with Crippen molar-refractivity contribution in [2.75, 3.05) is 6.61 Å². The fourth-order valence-corrected chi connectivity index (χ4v) is 11.7. The van der Waals surface area contributed by atoms with E-state index in [0.29, 0.717) is 56.3 Å². The first-order valence-electron chi connectivity index (χ1n) is 23.6. The van der Waals surface area contributed by atoms with E-state index in [2.05, 4.69) is 28.2 Å². The van der Waals surface area contributed by atoms with E-state index in [1.807, 2.05) is 0 Å². The van der Waals surface area contributed by atoms with E-state index < -0.39 is 42.0 Å². The molecule has 2 heterocycles. The number of fused-ring (bicyclic) bond motifs is 16. The van der Waals surface area contributed by atoms with Crippen molar-refractivity contribution in [3.63, 3.8) is 0 Å². The molecule has 7 fully saturated rings. The molecule has 5 aliphatic carbocycles. The van der Waals surface area contributed by atoms with Crippen molar-refractivity contribution in [1.82, 2.24) is 21.3 Å². The molecule has 7 rings (SSSR count). The van der Waals surface area contributed by atoms with Crippen LogP contribution in [0.15, 0.2) is 0 Å². The molecule has 4 unspecified atom stereocenters. The maximum Gasteiger partial charge on any atom is 0.326 e. The molecule has 2 saturated heterocycles. The van der Waals surface area contributed by atoms with Crippen molar-refractivity contribution in [2.24, 2.45) is 41.4 Å². The number of carbonyl (C=O) groups is 5. The van der Waals surface area contributed by atoms with Crippen LogP contribution in [-0.4, -0.2) is 71.6 Å². The fraction of sp³-hybridized carbons (Fsp3) is 0.891. The summed E-state index contributed by atoms with van der Waals surface area (Å²) in [4.78, 5) is 69.1. The first-order valence-corrected chi connectivity index (χ1v) is 23.6. The number of aliphatic carboxylic acids is 1. The number of carboxylic acids is 1. The minimum absolute atomic E-state index is 0.0967. The summed E-state index contributed by atoms with van der Waals surface area (Å²) in [7, 11) is 0. The Hall–Kier alpha value is -2.69. The number of rotatable bonds is 9. The Morgan fingerprint density at radius 1 is 0.561 bits per heavy atom. The van der Waals surface area contributed by atoms with Gasteiger partial charge in [-0.25, -0.2) is 4.79 Å². The van der Waals surface area contributed by atoms with Crippen molar-refractivity contribution >= 4 is 29.6 Å². The molecule has 4 atom stereocenters. The largest absolute Gasteiger partial charge is 0.480 e. The maximum atomic E-state index is 14.6. The SMILES string of the molecule is CC1CCC(CC2NC(=O)COC3CCC(CC3)CC(C(=O)O)NC(=O)C(CCC3CCCCC3)NC(=O)C(CC3CCC(C4CCCCC4)CC3)NC2=O)CC1. The average molecular weight is 797 g/mol. The molecule has 0 aromatic heterocycles. The van der Waals surface area contributed by atoms with Gasteiger partial charge in [0, 0.05) is 0 Å². The van der Waals surface area contributed by atoms with Gasteiger partial charge in [-0.3, -0.25) is 19.2 Å². The van der Waals surface area contributed by atoms with Crippen molar-refractivity contribution in [3.05, 3.63) is 0 Å². The summed E-state index contributed by atoms with van der Waals surface area (Å²) in [5.74, 6) is 0.674. The zero-order chi connectivity index (χ0) is 40.1. The first-order chi connectivity index (χ1) is 27.6. The van der Waals surface area contributed by atoms with Gasteiger partial charge >= 0.3 is 5.97 Å². The van der Waals surface area contributed by atoms with Crippen LogP contribution in [0.25, 0.3) is 0 Å². The molecule has 322 valence electrons. The van der Waals surface area contributed by atoms with Crippen LogP contribution in [0.2, 0.25) is 0 Å². The summed E-state index contributed by atoms with van der Waals surface area (Å²) in [5.41, 5.74) is 0. The van der Waals surface area contributed by atoms with E-state index in [1.54, 1.807) is 0 Å². The second-order valence-electron chi connectivity index (χ2n) is 19.7. The lowest BCUT2D eigenvalue weighted by molar-refractivity contribution is -0.143. The minimum Gasteiger partial charge on any atom is -0.480 e. The van der Waals surface area contributed by atoms with Crippen LogP contribution in [-0.2, 0) is 28.7 Å². The zero-order valence-corrected chi connectivity index (χ0v) is 35.1. The molecule has 0 aromatic carbocycles. The summed E-state index contributed by atoms with van der Waals surface area (Å²) in [6.07, 6.45) is 26.1. The Morgan fingerprint density at radius 2 is 1.09 bits per heavy atom. The molecule has 0 aromatic rings. The number of ether oxygens (including phenoxy) is 1. The van der Waals surface area contributed by atoms with Crippen molar-refractivity contribution in [3.8, 4) is 0 Å². The Labute approximate surface area is 342 Å². The van der Waals surface area contributed by atoms with Crippen LogP contribution in [0.4, 0.5) is 0 Å². The lowest BCUT2D eigenvalue weighted by Crippen LogP contribution is -2.58. The van der Waals surface area contributed by atoms with Crippen molar-refractivity contribution in [2.45, 2.75) is 211 Å². The second-order valence-corrected chi connectivity index (χ2v) is 19.7. The van der Waals surface area contributed by atoms with E-state index in [0.717, 1.165) is 108 Å². The highest BCUT2D eigenvalue weighted by Gasteiger charge is 2.37. The van der Waals surface area contributed by atoms with Gasteiger partial charge in [-0.2, -0.15) is 0 Å². The Kier molecular flexibility index (Phi) is 17.0. The van der Waals surface area contributed by atoms with E-state index in [1.165, 1.54) is 38.5 Å². The highest BCUT2D eigenvalue weighted by atomic mass is 16.5. The van der Waals surface area contributed by atoms with Gasteiger partial charge in [0.25, 0.3) is 0 Å². The van der Waals surface area contributed by atoms with Gasteiger partial charge in [0.1, 0.15) is 30.8 Å². The first kappa shape index (κ1) is 43.9. The van der Waals surface area contributed by atoms with Crippen LogP contribution >= 0.6 is 0 Å². The van der Waals surface area contributed by atoms with Gasteiger partial charge in [-0.1, -0.05) is 110 Å². The van der Waals surface area contributed by atoms with Gasteiger partial charge in [0.2, 0.25) is 23.6 Å². The van der Waals surface area contributed by atoms with Crippen molar-refractivity contribution in [1.29, 1.82) is 0 Å². The quantitative estimate of drug-likeness (QED) is 0.153. The number of amides is 4. The third-order valence-electron chi connectivity index (χ3n) is 15.4. The number of carboxylic acid groups (broad SMARTS) is 1. The number of nitrogens with one attached hydrogen (secondary N) is 4. The van der Waals surface area contributed by atoms with Crippen LogP contribution in [0.5, 0.6) is 0 Å². The molecule has 0 radical (unpaired) electrons. The second kappa shape index (κ2) is 22.1. The summed E-state index contributed by atoms with van der Waals surface area (Å²) in [5, 5.41) is 22.4. The molecule has 7 aliphatic rings. The molecular formula is C46H76N4O7. The van der Waals surface area contributed by atoms with E-state index >= 15 is 0 Å². The molecule has 11 nitrogen and oxygen atoms in total. The smallest absolute Gasteiger partial charge is 0.326 e. The molecule has 2 aliphatic heterocycles. The highest BCUT2D eigenvalue weighted by Crippen LogP contribution is 2.41. The molecule has 4 amide bonds. The molecule has 57 heavy (non-hydrogen) atoms. The maximum absolute atomic E-state index is 14.6. The van der Waals surface area contributed by atoms with E-state index in [9.17, 15) is 29.1 Å². The lowest BCUT2D eigenvalue weighted by atomic mass is 9.70. The molecular weight excluding hydrogens is 721 g/mol. The van der Waals surface area contributed by atoms with Gasteiger partial charge in [-0.15, -0.1) is 0 Å². The summed E-state index contributed by atoms with van der Waals surface area (Å²) < 4.78 is 6.07. The summed E-state index contributed by atoms with van der Waals surface area (Å²) >= 11 is 0. The van der Waals surface area contributed by atoms with Gasteiger partial charge in [-0.05, 0) is 112 Å². The molecule has 0 spiro atoms. The third kappa shape index (κ3) is 13.7. The van der Waals surface area contributed by atoms with Crippen LogP contribution < -0.4 is 21.3 Å².